The second kappa shape index (κ2) is 6.08. The van der Waals surface area contributed by atoms with Crippen LogP contribution in [-0.2, 0) is 6.54 Å². The molecule has 2 aromatic rings. The van der Waals surface area contributed by atoms with Crippen molar-refractivity contribution in [2.45, 2.75) is 59.9 Å². The van der Waals surface area contributed by atoms with Crippen molar-refractivity contribution in [1.82, 2.24) is 14.5 Å². The second-order valence-electron chi connectivity index (χ2n) is 6.46. The Labute approximate surface area is 126 Å². The van der Waals surface area contributed by atoms with Crippen LogP contribution in [0.1, 0.15) is 52.0 Å². The number of nitrogens with zero attached hydrogens (tertiary/aromatic N) is 2. The lowest BCUT2D eigenvalue weighted by atomic mass is 9.87. The van der Waals surface area contributed by atoms with Gasteiger partial charge in [0.2, 0.25) is 0 Å². The van der Waals surface area contributed by atoms with Gasteiger partial charge < -0.3 is 9.55 Å². The van der Waals surface area contributed by atoms with Crippen molar-refractivity contribution < 1.29 is 0 Å². The normalized spacial score (nSPS) is 12.2. The molecular formula is C16H25N3S. The molecule has 0 fully saturated rings. The molecule has 0 bridgehead atoms. The summed E-state index contributed by atoms with van der Waals surface area (Å²) >= 11 is 5.48. The molecule has 0 spiro atoms. The summed E-state index contributed by atoms with van der Waals surface area (Å²) in [4.78, 5) is 7.81. The Balaban J connectivity index is 2.27. The molecule has 20 heavy (non-hydrogen) atoms. The first-order chi connectivity index (χ1) is 9.44. The highest BCUT2D eigenvalue weighted by Gasteiger charge is 2.20. The Morgan fingerprint density at radius 2 is 2.10 bits per heavy atom. The molecule has 0 unspecified atom stereocenters. The van der Waals surface area contributed by atoms with Gasteiger partial charge in [0.25, 0.3) is 0 Å². The molecule has 110 valence electrons. The summed E-state index contributed by atoms with van der Waals surface area (Å²) in [6.45, 7) is 9.89. The zero-order valence-electron chi connectivity index (χ0n) is 13.0. The van der Waals surface area contributed by atoms with Crippen molar-refractivity contribution in [2.75, 3.05) is 0 Å². The van der Waals surface area contributed by atoms with Gasteiger partial charge in [0.15, 0.2) is 10.4 Å². The summed E-state index contributed by atoms with van der Waals surface area (Å²) in [5.41, 5.74) is 3.50. The largest absolute Gasteiger partial charge is 0.329 e. The van der Waals surface area contributed by atoms with E-state index in [1.807, 2.05) is 12.3 Å². The lowest BCUT2D eigenvalue weighted by molar-refractivity contribution is 0.273. The van der Waals surface area contributed by atoms with Gasteiger partial charge in [-0.1, -0.05) is 40.0 Å². The van der Waals surface area contributed by atoms with Gasteiger partial charge in [-0.3, -0.25) is 0 Å². The van der Waals surface area contributed by atoms with E-state index in [9.17, 15) is 0 Å². The topological polar surface area (TPSA) is 33.6 Å². The molecule has 0 aliphatic heterocycles. The summed E-state index contributed by atoms with van der Waals surface area (Å²) in [6.07, 6.45) is 6.94. The van der Waals surface area contributed by atoms with Gasteiger partial charge in [0.05, 0.1) is 5.52 Å². The van der Waals surface area contributed by atoms with Crippen LogP contribution in [0.5, 0.6) is 0 Å². The van der Waals surface area contributed by atoms with E-state index in [2.05, 4.69) is 42.2 Å². The highest BCUT2D eigenvalue weighted by atomic mass is 32.1. The SMILES string of the molecule is CCCCCC(C)(C)Cn1c(=S)[nH]c2c(C)ccnc21. The van der Waals surface area contributed by atoms with Crippen LogP contribution in [0.3, 0.4) is 0 Å². The number of rotatable bonds is 6. The predicted octanol–water partition coefficient (Wildman–Crippen LogP) is 5.01. The number of aryl methyl sites for hydroxylation is 1. The van der Waals surface area contributed by atoms with Gasteiger partial charge in [-0.15, -0.1) is 0 Å². The summed E-state index contributed by atoms with van der Waals surface area (Å²) < 4.78 is 2.94. The van der Waals surface area contributed by atoms with Gasteiger partial charge in [0.1, 0.15) is 0 Å². The van der Waals surface area contributed by atoms with Gasteiger partial charge in [-0.25, -0.2) is 4.98 Å². The molecule has 2 rings (SSSR count). The highest BCUT2D eigenvalue weighted by Crippen LogP contribution is 2.28. The zero-order valence-corrected chi connectivity index (χ0v) is 13.8. The van der Waals surface area contributed by atoms with Crippen LogP contribution in [0.15, 0.2) is 12.3 Å². The molecule has 0 saturated heterocycles. The number of unbranched alkanes of at least 4 members (excludes halogenated alkanes) is 2. The first-order valence-corrected chi connectivity index (χ1v) is 7.89. The number of pyridine rings is 1. The van der Waals surface area contributed by atoms with Crippen molar-refractivity contribution in [1.29, 1.82) is 0 Å². The monoisotopic (exact) mass is 291 g/mol. The summed E-state index contributed by atoms with van der Waals surface area (Å²) in [5, 5.41) is 0. The van der Waals surface area contributed by atoms with Crippen molar-refractivity contribution in [2.24, 2.45) is 5.41 Å². The number of hydrogen-bond acceptors (Lipinski definition) is 2. The molecule has 0 amide bonds. The zero-order chi connectivity index (χ0) is 14.8. The lowest BCUT2D eigenvalue weighted by Gasteiger charge is -2.25. The Hall–Kier alpha value is -1.16. The van der Waals surface area contributed by atoms with Crippen LogP contribution in [0.2, 0.25) is 0 Å². The van der Waals surface area contributed by atoms with Gasteiger partial charge >= 0.3 is 0 Å². The number of aromatic amines is 1. The van der Waals surface area contributed by atoms with Crippen LogP contribution in [0.25, 0.3) is 11.2 Å². The van der Waals surface area contributed by atoms with Gasteiger partial charge in [-0.05, 0) is 42.6 Å². The Morgan fingerprint density at radius 3 is 2.80 bits per heavy atom. The fourth-order valence-electron chi connectivity index (χ4n) is 2.68. The third kappa shape index (κ3) is 3.29. The third-order valence-corrected chi connectivity index (χ3v) is 4.24. The molecule has 2 heterocycles. The van der Waals surface area contributed by atoms with Crippen molar-refractivity contribution in [3.05, 3.63) is 22.6 Å². The molecular weight excluding hydrogens is 266 g/mol. The fraction of sp³-hybridized carbons (Fsp3) is 0.625. The van der Waals surface area contributed by atoms with E-state index >= 15 is 0 Å². The van der Waals surface area contributed by atoms with E-state index < -0.39 is 0 Å². The minimum Gasteiger partial charge on any atom is -0.329 e. The van der Waals surface area contributed by atoms with E-state index in [1.54, 1.807) is 0 Å². The summed E-state index contributed by atoms with van der Waals surface area (Å²) in [5.74, 6) is 0. The Bertz CT molecular complexity index is 637. The number of hydrogen-bond donors (Lipinski definition) is 1. The van der Waals surface area contributed by atoms with Gasteiger partial charge in [0, 0.05) is 12.7 Å². The van der Waals surface area contributed by atoms with Crippen LogP contribution < -0.4 is 0 Å². The number of fused-ring (bicyclic) bond motifs is 1. The van der Waals surface area contributed by atoms with Crippen LogP contribution in [0, 0.1) is 17.1 Å². The smallest absolute Gasteiger partial charge is 0.179 e. The maximum absolute atomic E-state index is 5.48. The molecule has 0 saturated carbocycles. The summed E-state index contributed by atoms with van der Waals surface area (Å²) in [7, 11) is 0. The first-order valence-electron chi connectivity index (χ1n) is 7.49. The molecule has 1 N–H and O–H groups in total. The van der Waals surface area contributed by atoms with E-state index in [-0.39, 0.29) is 5.41 Å². The molecule has 0 aromatic carbocycles. The fourth-order valence-corrected chi connectivity index (χ4v) is 2.93. The maximum atomic E-state index is 5.48. The lowest BCUT2D eigenvalue weighted by Crippen LogP contribution is -2.20. The molecule has 0 radical (unpaired) electrons. The van der Waals surface area contributed by atoms with Crippen molar-refractivity contribution >= 4 is 23.4 Å². The standard InChI is InChI=1S/C16H25N3S/c1-5-6-7-9-16(3,4)11-19-14-13(18-15(19)20)12(2)8-10-17-14/h8,10H,5-7,9,11H2,1-4H3,(H,18,20). The quantitative estimate of drug-likeness (QED) is 0.599. The van der Waals surface area contributed by atoms with E-state index in [0.717, 1.165) is 22.5 Å². The second-order valence-corrected chi connectivity index (χ2v) is 6.85. The highest BCUT2D eigenvalue weighted by molar-refractivity contribution is 7.71. The van der Waals surface area contributed by atoms with E-state index in [0.29, 0.717) is 0 Å². The molecule has 3 nitrogen and oxygen atoms in total. The number of aromatic nitrogens is 3. The van der Waals surface area contributed by atoms with Gasteiger partial charge in [-0.2, -0.15) is 0 Å². The van der Waals surface area contributed by atoms with E-state index in [1.165, 1.54) is 31.2 Å². The molecule has 0 atom stereocenters. The summed E-state index contributed by atoms with van der Waals surface area (Å²) in [6, 6.07) is 2.02. The first kappa shape index (κ1) is 15.2. The average Bonchev–Trinajstić information content (AvgIpc) is 2.68. The number of H-pyrrole nitrogens is 1. The molecule has 4 heteroatoms. The minimum atomic E-state index is 0.244. The van der Waals surface area contributed by atoms with E-state index in [4.69, 9.17) is 12.2 Å². The average molecular weight is 291 g/mol. The third-order valence-electron chi connectivity index (χ3n) is 3.92. The van der Waals surface area contributed by atoms with Crippen LogP contribution in [0.4, 0.5) is 0 Å². The molecule has 2 aromatic heterocycles. The van der Waals surface area contributed by atoms with Crippen molar-refractivity contribution in [3.63, 3.8) is 0 Å². The number of nitrogens with one attached hydrogen (secondary N) is 1. The Kier molecular flexibility index (Phi) is 4.63. The maximum Gasteiger partial charge on any atom is 0.179 e. The van der Waals surface area contributed by atoms with Crippen molar-refractivity contribution in [3.8, 4) is 0 Å². The molecule has 0 aliphatic rings. The predicted molar refractivity (Wildman–Crippen MR) is 87.6 cm³/mol. The number of imidazole rings is 1. The van der Waals surface area contributed by atoms with Crippen LogP contribution >= 0.6 is 12.2 Å². The minimum absolute atomic E-state index is 0.244. The Morgan fingerprint density at radius 1 is 1.35 bits per heavy atom. The molecule has 0 aliphatic carbocycles. The van der Waals surface area contributed by atoms with Crippen LogP contribution in [-0.4, -0.2) is 14.5 Å².